The highest BCUT2D eigenvalue weighted by molar-refractivity contribution is 5.81. The van der Waals surface area contributed by atoms with Crippen LogP contribution in [0, 0.1) is 13.8 Å². The minimum Gasteiger partial charge on any atom is -0.342 e. The van der Waals surface area contributed by atoms with E-state index in [4.69, 9.17) is 0 Å². The molecule has 146 valence electrons. The number of aryl methyl sites for hydroxylation is 2. The van der Waals surface area contributed by atoms with Crippen molar-refractivity contribution in [3.05, 3.63) is 59.2 Å². The second-order valence-electron chi connectivity index (χ2n) is 7.69. The van der Waals surface area contributed by atoms with E-state index in [1.165, 1.54) is 5.56 Å². The van der Waals surface area contributed by atoms with Gasteiger partial charge in [0.1, 0.15) is 11.3 Å². The largest absolute Gasteiger partial charge is 0.342 e. The predicted octanol–water partition coefficient (Wildman–Crippen LogP) is 4.22. The fraction of sp³-hybridized carbons (Fsp3) is 0.409. The molecule has 3 aromatic rings. The van der Waals surface area contributed by atoms with Gasteiger partial charge in [0.2, 0.25) is 0 Å². The Morgan fingerprint density at radius 1 is 1.21 bits per heavy atom. The molecule has 0 aliphatic carbocycles. The molecule has 0 bridgehead atoms. The molecule has 2 N–H and O–H groups in total. The summed E-state index contributed by atoms with van der Waals surface area (Å²) in [6, 6.07) is 10.1. The molecule has 2 aromatic heterocycles. The van der Waals surface area contributed by atoms with Gasteiger partial charge in [-0.2, -0.15) is 0 Å². The van der Waals surface area contributed by atoms with Gasteiger partial charge >= 0.3 is 6.03 Å². The third-order valence-corrected chi connectivity index (χ3v) is 5.71. The summed E-state index contributed by atoms with van der Waals surface area (Å²) in [7, 11) is 0. The van der Waals surface area contributed by atoms with Crippen molar-refractivity contribution in [3.8, 4) is 0 Å². The molecule has 1 fully saturated rings. The lowest BCUT2D eigenvalue weighted by molar-refractivity contribution is 0.178. The number of aromatic nitrogens is 3. The summed E-state index contributed by atoms with van der Waals surface area (Å²) in [6.07, 6.45) is 3.85. The van der Waals surface area contributed by atoms with Crippen molar-refractivity contribution in [2.24, 2.45) is 0 Å². The third-order valence-electron chi connectivity index (χ3n) is 5.71. The first-order chi connectivity index (χ1) is 13.5. The second kappa shape index (κ2) is 7.62. The Labute approximate surface area is 165 Å². The van der Waals surface area contributed by atoms with E-state index in [1.54, 1.807) is 0 Å². The second-order valence-corrected chi connectivity index (χ2v) is 7.69. The normalized spacial score (nSPS) is 16.3. The molecule has 3 heterocycles. The van der Waals surface area contributed by atoms with Crippen LogP contribution in [-0.2, 0) is 0 Å². The average Bonchev–Trinajstić information content (AvgIpc) is 3.11. The number of hydrogen-bond donors (Lipinski definition) is 2. The van der Waals surface area contributed by atoms with Gasteiger partial charge in [-0.25, -0.2) is 9.78 Å². The van der Waals surface area contributed by atoms with E-state index >= 15 is 0 Å². The summed E-state index contributed by atoms with van der Waals surface area (Å²) in [5.41, 5.74) is 5.36. The van der Waals surface area contributed by atoms with Crippen molar-refractivity contribution in [2.45, 2.75) is 45.6 Å². The third kappa shape index (κ3) is 3.59. The Kier molecular flexibility index (Phi) is 5.03. The zero-order valence-electron chi connectivity index (χ0n) is 16.7. The molecule has 1 aliphatic heterocycles. The summed E-state index contributed by atoms with van der Waals surface area (Å²) < 4.78 is 0. The van der Waals surface area contributed by atoms with E-state index < -0.39 is 0 Å². The van der Waals surface area contributed by atoms with E-state index in [2.05, 4.69) is 20.3 Å². The van der Waals surface area contributed by atoms with Gasteiger partial charge < -0.3 is 15.2 Å². The first kappa shape index (κ1) is 18.5. The van der Waals surface area contributed by atoms with E-state index in [-0.39, 0.29) is 12.1 Å². The van der Waals surface area contributed by atoms with Gasteiger partial charge in [-0.1, -0.05) is 30.3 Å². The lowest BCUT2D eigenvalue weighted by atomic mass is 9.89. The Bertz CT molecular complexity index is 973. The van der Waals surface area contributed by atoms with E-state index in [1.807, 2.05) is 62.2 Å². The van der Waals surface area contributed by atoms with Crippen LogP contribution in [0.15, 0.2) is 36.5 Å². The molecule has 0 spiro atoms. The zero-order chi connectivity index (χ0) is 19.7. The number of H-pyrrole nitrogens is 1. The van der Waals surface area contributed by atoms with Crippen molar-refractivity contribution in [1.29, 1.82) is 0 Å². The number of rotatable bonds is 3. The van der Waals surface area contributed by atoms with Crippen LogP contribution in [0.3, 0.4) is 0 Å². The monoisotopic (exact) mass is 377 g/mol. The van der Waals surface area contributed by atoms with Crippen molar-refractivity contribution < 1.29 is 4.79 Å². The number of amides is 2. The summed E-state index contributed by atoms with van der Waals surface area (Å²) in [6.45, 7) is 7.49. The fourth-order valence-electron chi connectivity index (χ4n) is 4.06. The summed E-state index contributed by atoms with van der Waals surface area (Å²) in [5.74, 6) is 1.31. The number of imidazole rings is 1. The minimum atomic E-state index is 0.000292. The first-order valence-electron chi connectivity index (χ1n) is 9.95. The van der Waals surface area contributed by atoms with Gasteiger partial charge in [0.05, 0.1) is 17.3 Å². The SMILES string of the molecule is Cc1nc2c(C)ncc(C3CCN(C(=O)NC(C)c4ccccc4)CC3)c2[nH]1. The molecule has 28 heavy (non-hydrogen) atoms. The van der Waals surface area contributed by atoms with Gasteiger partial charge in [-0.15, -0.1) is 0 Å². The molecule has 1 atom stereocenters. The molecule has 4 rings (SSSR count). The Morgan fingerprint density at radius 3 is 2.64 bits per heavy atom. The molecular weight excluding hydrogens is 350 g/mol. The predicted molar refractivity (Wildman–Crippen MR) is 110 cm³/mol. The summed E-state index contributed by atoms with van der Waals surface area (Å²) in [4.78, 5) is 27.1. The molecule has 1 aromatic carbocycles. The number of pyridine rings is 1. The van der Waals surface area contributed by atoms with Crippen molar-refractivity contribution in [3.63, 3.8) is 0 Å². The number of carbonyl (C=O) groups excluding carboxylic acids is 1. The highest BCUT2D eigenvalue weighted by atomic mass is 16.2. The Morgan fingerprint density at radius 2 is 1.93 bits per heavy atom. The van der Waals surface area contributed by atoms with Crippen LogP contribution in [0.5, 0.6) is 0 Å². The number of fused-ring (bicyclic) bond motifs is 1. The molecule has 6 nitrogen and oxygen atoms in total. The molecule has 1 aliphatic rings. The molecule has 6 heteroatoms. The van der Waals surface area contributed by atoms with Crippen LogP contribution in [0.2, 0.25) is 0 Å². The maximum Gasteiger partial charge on any atom is 0.317 e. The molecule has 1 saturated heterocycles. The van der Waals surface area contributed by atoms with Crippen molar-refractivity contribution >= 4 is 17.1 Å². The summed E-state index contributed by atoms with van der Waals surface area (Å²) >= 11 is 0. The number of aromatic amines is 1. The number of carbonyl (C=O) groups is 1. The van der Waals surface area contributed by atoms with Crippen LogP contribution >= 0.6 is 0 Å². The highest BCUT2D eigenvalue weighted by Gasteiger charge is 2.26. The maximum absolute atomic E-state index is 12.7. The Balaban J connectivity index is 1.41. The number of piperidine rings is 1. The lowest BCUT2D eigenvalue weighted by Gasteiger charge is -2.33. The van der Waals surface area contributed by atoms with Crippen LogP contribution in [0.1, 0.15) is 54.4 Å². The molecule has 0 radical (unpaired) electrons. The van der Waals surface area contributed by atoms with Gasteiger partial charge in [-0.3, -0.25) is 4.98 Å². The number of nitrogens with one attached hydrogen (secondary N) is 2. The average molecular weight is 377 g/mol. The van der Waals surface area contributed by atoms with E-state index in [9.17, 15) is 4.79 Å². The number of benzene rings is 1. The number of hydrogen-bond acceptors (Lipinski definition) is 3. The van der Waals surface area contributed by atoms with Crippen LogP contribution in [0.4, 0.5) is 4.79 Å². The fourth-order valence-corrected chi connectivity index (χ4v) is 4.06. The topological polar surface area (TPSA) is 73.9 Å². The number of urea groups is 1. The van der Waals surface area contributed by atoms with Gasteiger partial charge in [0.15, 0.2) is 0 Å². The molecular formula is C22H27N5O. The smallest absolute Gasteiger partial charge is 0.317 e. The quantitative estimate of drug-likeness (QED) is 0.717. The van der Waals surface area contributed by atoms with Crippen LogP contribution < -0.4 is 5.32 Å². The van der Waals surface area contributed by atoms with Crippen LogP contribution in [-0.4, -0.2) is 39.0 Å². The van der Waals surface area contributed by atoms with E-state index in [0.717, 1.165) is 54.0 Å². The van der Waals surface area contributed by atoms with Gasteiger partial charge in [0, 0.05) is 19.3 Å². The molecule has 0 saturated carbocycles. The van der Waals surface area contributed by atoms with Crippen molar-refractivity contribution in [1.82, 2.24) is 25.2 Å². The first-order valence-corrected chi connectivity index (χ1v) is 9.95. The standard InChI is InChI=1S/C22H27N5O/c1-14(17-7-5-4-6-8-17)24-22(28)27-11-9-18(10-12-27)19-13-23-15(2)20-21(19)26-16(3)25-20/h4-8,13-14,18H,9-12H2,1-3H3,(H,24,28)(H,25,26). The number of likely N-dealkylation sites (tertiary alicyclic amines) is 1. The van der Waals surface area contributed by atoms with Gasteiger partial charge in [0.25, 0.3) is 0 Å². The number of nitrogens with zero attached hydrogens (tertiary/aromatic N) is 3. The van der Waals surface area contributed by atoms with Crippen LogP contribution in [0.25, 0.3) is 11.0 Å². The van der Waals surface area contributed by atoms with Gasteiger partial charge in [-0.05, 0) is 50.7 Å². The zero-order valence-corrected chi connectivity index (χ0v) is 16.7. The Hall–Kier alpha value is -2.89. The molecule has 1 unspecified atom stereocenters. The lowest BCUT2D eigenvalue weighted by Crippen LogP contribution is -2.44. The van der Waals surface area contributed by atoms with E-state index in [0.29, 0.717) is 5.92 Å². The summed E-state index contributed by atoms with van der Waals surface area (Å²) in [5, 5.41) is 3.12. The van der Waals surface area contributed by atoms with Crippen molar-refractivity contribution in [2.75, 3.05) is 13.1 Å². The molecule has 2 amide bonds. The highest BCUT2D eigenvalue weighted by Crippen LogP contribution is 2.32. The minimum absolute atomic E-state index is 0.000292. The maximum atomic E-state index is 12.7.